The van der Waals surface area contributed by atoms with Crippen molar-refractivity contribution in [1.82, 2.24) is 44.2 Å². The van der Waals surface area contributed by atoms with E-state index in [9.17, 15) is 9.18 Å². The lowest BCUT2D eigenvalue weighted by Crippen LogP contribution is -2.47. The van der Waals surface area contributed by atoms with Gasteiger partial charge in [0.25, 0.3) is 0 Å². The molecular formula is C35H35F2N11O2S2. The molecule has 1 aromatic carbocycles. The maximum atomic E-state index is 15.0. The van der Waals surface area contributed by atoms with Crippen LogP contribution in [0.25, 0.3) is 39.1 Å². The van der Waals surface area contributed by atoms with E-state index in [1.54, 1.807) is 29.9 Å². The van der Waals surface area contributed by atoms with Gasteiger partial charge in [-0.15, -0.1) is 11.8 Å². The number of carbonyl (C=O) groups is 1. The fourth-order valence-corrected chi connectivity index (χ4v) is 8.08. The summed E-state index contributed by atoms with van der Waals surface area (Å²) in [4.78, 5) is 42.6. The van der Waals surface area contributed by atoms with Gasteiger partial charge in [-0.2, -0.15) is 9.78 Å². The molecule has 0 saturated carbocycles. The monoisotopic (exact) mass is 743 g/mol. The molecule has 5 aromatic heterocycles. The first-order valence-electron chi connectivity index (χ1n) is 16.6. The van der Waals surface area contributed by atoms with Gasteiger partial charge in [0.2, 0.25) is 5.91 Å². The second-order valence-corrected chi connectivity index (χ2v) is 14.4. The maximum Gasteiger partial charge on any atom is 0.245 e. The quantitative estimate of drug-likeness (QED) is 0.184. The Labute approximate surface area is 306 Å². The number of anilines is 2. The van der Waals surface area contributed by atoms with Crippen LogP contribution in [0.5, 0.6) is 0 Å². The summed E-state index contributed by atoms with van der Waals surface area (Å²) < 4.78 is 38.7. The van der Waals surface area contributed by atoms with Crippen LogP contribution >= 0.6 is 23.5 Å². The molecule has 2 aliphatic rings. The summed E-state index contributed by atoms with van der Waals surface area (Å²) in [5.41, 5.74) is 2.97. The van der Waals surface area contributed by atoms with Crippen LogP contribution in [0.3, 0.4) is 0 Å². The van der Waals surface area contributed by atoms with Crippen molar-refractivity contribution in [2.45, 2.75) is 48.1 Å². The maximum absolute atomic E-state index is 15.0. The summed E-state index contributed by atoms with van der Waals surface area (Å²) in [5, 5.41) is 9.31. The third kappa shape index (κ3) is 5.99. The van der Waals surface area contributed by atoms with Gasteiger partial charge in [-0.05, 0) is 50.1 Å². The number of nitrogens with one attached hydrogen (secondary N) is 1. The van der Waals surface area contributed by atoms with E-state index in [0.717, 1.165) is 11.7 Å². The number of hydrogen-bond acceptors (Lipinski definition) is 12. The molecule has 52 heavy (non-hydrogen) atoms. The molecule has 3 atom stereocenters. The van der Waals surface area contributed by atoms with Crippen LogP contribution in [0.1, 0.15) is 12.2 Å². The third-order valence-electron chi connectivity index (χ3n) is 9.60. The fraction of sp³-hybridized carbons (Fsp3) is 0.343. The molecule has 1 amide bonds. The molecule has 0 spiro atoms. The van der Waals surface area contributed by atoms with Crippen molar-refractivity contribution in [1.29, 1.82) is 0 Å². The van der Waals surface area contributed by atoms with E-state index >= 15 is 4.39 Å². The standard InChI is InChI=1S/C35H35F2N11O2S2/c1-18-40-26-10-19(36)9-23-25-7-6-8-29(42-25)41-21-12-27(34(49)45(2)16-22(50-3)17-46(18)30(23)26)47(15-21)31-24-14-39-48(32(24)44-35(43-31)52-5)33-28(51-4)11-20(37)13-38-33/h6-11,13-14,21-22,27H,12,15-17H2,1-5H3,(H,41,42)/t21-,22-,27-/m0/s1. The summed E-state index contributed by atoms with van der Waals surface area (Å²) in [7, 11) is 3.40. The second-order valence-electron chi connectivity index (χ2n) is 12.8. The zero-order valence-corrected chi connectivity index (χ0v) is 30.7. The van der Waals surface area contributed by atoms with Crippen molar-refractivity contribution in [3.8, 4) is 17.1 Å². The number of carbonyl (C=O) groups excluding carboxylic acids is 1. The van der Waals surface area contributed by atoms with Crippen LogP contribution in [0.4, 0.5) is 20.4 Å². The Morgan fingerprint density at radius 1 is 0.962 bits per heavy atom. The van der Waals surface area contributed by atoms with Crippen LogP contribution < -0.4 is 10.2 Å². The van der Waals surface area contributed by atoms with Gasteiger partial charge in [0, 0.05) is 44.9 Å². The van der Waals surface area contributed by atoms with Crippen molar-refractivity contribution < 1.29 is 18.3 Å². The Morgan fingerprint density at radius 3 is 2.60 bits per heavy atom. The third-order valence-corrected chi connectivity index (χ3v) is 10.9. The predicted octanol–water partition coefficient (Wildman–Crippen LogP) is 5.20. The van der Waals surface area contributed by atoms with E-state index in [2.05, 4.69) is 20.4 Å². The number of aromatic nitrogens is 8. The first-order chi connectivity index (χ1) is 25.1. The molecule has 1 fully saturated rings. The molecule has 1 N–H and O–H groups in total. The molecule has 6 aromatic rings. The second kappa shape index (κ2) is 13.6. The van der Waals surface area contributed by atoms with E-state index in [0.29, 0.717) is 87.2 Å². The van der Waals surface area contributed by atoms with Crippen molar-refractivity contribution in [2.75, 3.05) is 50.0 Å². The number of halogens is 2. The van der Waals surface area contributed by atoms with E-state index in [1.807, 2.05) is 47.1 Å². The van der Waals surface area contributed by atoms with E-state index in [4.69, 9.17) is 19.7 Å². The average molecular weight is 744 g/mol. The first-order valence-corrected chi connectivity index (χ1v) is 19.0. The average Bonchev–Trinajstić information content (AvgIpc) is 3.84. The predicted molar refractivity (Wildman–Crippen MR) is 197 cm³/mol. The van der Waals surface area contributed by atoms with Gasteiger partial charge in [-0.25, -0.2) is 33.7 Å². The van der Waals surface area contributed by atoms with Gasteiger partial charge in [-0.1, -0.05) is 17.8 Å². The number of rotatable bonds is 5. The Balaban J connectivity index is 1.25. The molecule has 8 rings (SSSR count). The molecule has 0 aliphatic carbocycles. The van der Waals surface area contributed by atoms with Crippen LogP contribution in [-0.4, -0.2) is 108 Å². The number of methoxy groups -OCH3 is 1. The lowest BCUT2D eigenvalue weighted by molar-refractivity contribution is -0.132. The van der Waals surface area contributed by atoms with Gasteiger partial charge in [0.1, 0.15) is 35.1 Å². The SMILES string of the molecule is CO[C@H]1CN(C)C(=O)[C@@H]2C[C@@H](CN2c2nc(SC)nc3c2cnn3-c2ncc(F)cc2SC)Nc2cccc(n2)-c2cc(F)cc3nc(C)n(c23)C1. The summed E-state index contributed by atoms with van der Waals surface area (Å²) >= 11 is 2.72. The number of benzene rings is 1. The van der Waals surface area contributed by atoms with Gasteiger partial charge in [-0.3, -0.25) is 4.79 Å². The molecule has 0 unspecified atom stereocenters. The van der Waals surface area contributed by atoms with Crippen molar-refractivity contribution in [3.05, 3.63) is 66.3 Å². The van der Waals surface area contributed by atoms with E-state index in [1.165, 1.54) is 41.7 Å². The van der Waals surface area contributed by atoms with Gasteiger partial charge >= 0.3 is 0 Å². The molecule has 268 valence electrons. The number of nitrogens with zero attached hydrogens (tertiary/aromatic N) is 10. The molecule has 0 radical (unpaired) electrons. The highest BCUT2D eigenvalue weighted by Gasteiger charge is 2.41. The number of ether oxygens (including phenoxy) is 1. The summed E-state index contributed by atoms with van der Waals surface area (Å²) in [6.45, 7) is 2.96. The highest BCUT2D eigenvalue weighted by Crippen LogP contribution is 2.36. The summed E-state index contributed by atoms with van der Waals surface area (Å²) in [6.07, 6.45) is 6.59. The molecule has 7 heterocycles. The van der Waals surface area contributed by atoms with Gasteiger partial charge in [0.05, 0.1) is 52.1 Å². The van der Waals surface area contributed by atoms with Crippen molar-refractivity contribution in [2.24, 2.45) is 0 Å². The minimum atomic E-state index is -0.608. The summed E-state index contributed by atoms with van der Waals surface area (Å²) in [5.74, 6) is 1.32. The molecule has 1 saturated heterocycles. The lowest BCUT2D eigenvalue weighted by Gasteiger charge is -2.31. The highest BCUT2D eigenvalue weighted by molar-refractivity contribution is 7.98. The van der Waals surface area contributed by atoms with Crippen LogP contribution in [-0.2, 0) is 16.1 Å². The van der Waals surface area contributed by atoms with Crippen molar-refractivity contribution in [3.63, 3.8) is 0 Å². The summed E-state index contributed by atoms with van der Waals surface area (Å²) in [6, 6.07) is 9.12. The Morgan fingerprint density at radius 2 is 1.81 bits per heavy atom. The zero-order chi connectivity index (χ0) is 36.3. The van der Waals surface area contributed by atoms with E-state index < -0.39 is 23.8 Å². The van der Waals surface area contributed by atoms with Crippen molar-refractivity contribution >= 4 is 63.1 Å². The topological polar surface area (TPSA) is 132 Å². The van der Waals surface area contributed by atoms with E-state index in [-0.39, 0.29) is 11.9 Å². The Hall–Kier alpha value is -4.87. The lowest BCUT2D eigenvalue weighted by atomic mass is 10.1. The minimum absolute atomic E-state index is 0.104. The Bertz CT molecular complexity index is 2350. The molecule has 4 bridgehead atoms. The Kier molecular flexibility index (Phi) is 8.95. The number of amides is 1. The number of hydrogen-bond donors (Lipinski definition) is 1. The minimum Gasteiger partial charge on any atom is -0.378 e. The normalized spacial score (nSPS) is 19.3. The molecule has 17 heteroatoms. The number of thioether (sulfide) groups is 2. The molecule has 2 aliphatic heterocycles. The smallest absolute Gasteiger partial charge is 0.245 e. The largest absolute Gasteiger partial charge is 0.378 e. The fourth-order valence-electron chi connectivity index (χ4n) is 7.17. The zero-order valence-electron chi connectivity index (χ0n) is 29.0. The first kappa shape index (κ1) is 34.2. The number of pyridine rings is 2. The van der Waals surface area contributed by atoms with Crippen LogP contribution in [0.2, 0.25) is 0 Å². The number of imidazole rings is 1. The molecule has 13 nitrogen and oxygen atoms in total. The number of likely N-dealkylation sites (N-methyl/N-ethyl adjacent to an activating group) is 1. The highest BCUT2D eigenvalue weighted by atomic mass is 32.2. The van der Waals surface area contributed by atoms with Gasteiger partial charge < -0.3 is 24.4 Å². The number of aryl methyl sites for hydroxylation is 1. The van der Waals surface area contributed by atoms with Gasteiger partial charge in [0.15, 0.2) is 16.6 Å². The van der Waals surface area contributed by atoms with Crippen LogP contribution in [0.15, 0.2) is 58.8 Å². The molecular weight excluding hydrogens is 709 g/mol. The number of fused-ring (bicyclic) bond motifs is 6. The van der Waals surface area contributed by atoms with Crippen LogP contribution in [0, 0.1) is 18.6 Å².